The zero-order chi connectivity index (χ0) is 12.1. The van der Waals surface area contributed by atoms with Gasteiger partial charge >= 0.3 is 0 Å². The molecule has 0 unspecified atom stereocenters. The molecule has 2 N–H and O–H groups in total. The van der Waals surface area contributed by atoms with Gasteiger partial charge in [-0.1, -0.05) is 6.08 Å². The quantitative estimate of drug-likeness (QED) is 0.592. The predicted octanol–water partition coefficient (Wildman–Crippen LogP) is 1.13. The van der Waals surface area contributed by atoms with Crippen LogP contribution in [0.3, 0.4) is 0 Å². The van der Waals surface area contributed by atoms with Crippen LogP contribution in [0, 0.1) is 0 Å². The lowest BCUT2D eigenvalue weighted by molar-refractivity contribution is -0.115. The van der Waals surface area contributed by atoms with Crippen LogP contribution in [0.15, 0.2) is 30.9 Å². The first-order valence-corrected chi connectivity index (χ1v) is 5.30. The molecule has 1 aliphatic rings. The number of rotatable bonds is 5. The maximum absolute atomic E-state index is 11.5. The van der Waals surface area contributed by atoms with Crippen molar-refractivity contribution in [3.8, 4) is 11.5 Å². The molecule has 0 atom stereocenters. The van der Waals surface area contributed by atoms with Gasteiger partial charge in [-0.15, -0.1) is 6.58 Å². The Bertz CT molecular complexity index is 432. The zero-order valence-electron chi connectivity index (χ0n) is 9.36. The summed E-state index contributed by atoms with van der Waals surface area (Å²) in [7, 11) is 0. The van der Waals surface area contributed by atoms with E-state index >= 15 is 0 Å². The summed E-state index contributed by atoms with van der Waals surface area (Å²) in [4.78, 5) is 11.5. The number of benzene rings is 1. The van der Waals surface area contributed by atoms with Crippen molar-refractivity contribution in [2.75, 3.05) is 25.2 Å². The van der Waals surface area contributed by atoms with Gasteiger partial charge in [0.05, 0.1) is 6.54 Å². The number of hydrogen-bond donors (Lipinski definition) is 2. The normalized spacial score (nSPS) is 12.2. The molecule has 17 heavy (non-hydrogen) atoms. The molecule has 0 fully saturated rings. The minimum atomic E-state index is -0.106. The third-order valence-corrected chi connectivity index (χ3v) is 2.23. The molecule has 2 rings (SSSR count). The van der Waals surface area contributed by atoms with Gasteiger partial charge in [0.1, 0.15) is 0 Å². The SMILES string of the molecule is C=CCNCC(=O)Nc1ccc2c(c1)OCO2. The third-order valence-electron chi connectivity index (χ3n) is 2.23. The van der Waals surface area contributed by atoms with E-state index in [1.165, 1.54) is 0 Å². The molecule has 0 spiro atoms. The Morgan fingerprint density at radius 2 is 2.24 bits per heavy atom. The molecule has 0 aliphatic carbocycles. The van der Waals surface area contributed by atoms with E-state index in [2.05, 4.69) is 17.2 Å². The highest BCUT2D eigenvalue weighted by Crippen LogP contribution is 2.34. The lowest BCUT2D eigenvalue weighted by atomic mass is 10.3. The number of fused-ring (bicyclic) bond motifs is 1. The summed E-state index contributed by atoms with van der Waals surface area (Å²) in [6, 6.07) is 5.29. The molecule has 5 nitrogen and oxygen atoms in total. The number of carbonyl (C=O) groups excluding carboxylic acids is 1. The summed E-state index contributed by atoms with van der Waals surface area (Å²) in [6.07, 6.45) is 1.70. The first kappa shape index (κ1) is 11.5. The summed E-state index contributed by atoms with van der Waals surface area (Å²) in [5.74, 6) is 1.25. The fourth-order valence-corrected chi connectivity index (χ4v) is 1.47. The van der Waals surface area contributed by atoms with Gasteiger partial charge in [0, 0.05) is 18.3 Å². The standard InChI is InChI=1S/C12H14N2O3/c1-2-5-13-7-12(15)14-9-3-4-10-11(6-9)17-8-16-10/h2-4,6,13H,1,5,7-8H2,(H,14,15). The van der Waals surface area contributed by atoms with Gasteiger partial charge in [0.15, 0.2) is 11.5 Å². The molecule has 0 bridgehead atoms. The van der Waals surface area contributed by atoms with Crippen molar-refractivity contribution in [3.63, 3.8) is 0 Å². The van der Waals surface area contributed by atoms with Gasteiger partial charge in [-0.3, -0.25) is 4.79 Å². The van der Waals surface area contributed by atoms with Gasteiger partial charge in [-0.05, 0) is 12.1 Å². The molecule has 1 aliphatic heterocycles. The Kier molecular flexibility index (Phi) is 3.62. The molecular formula is C12H14N2O3. The average Bonchev–Trinajstić information content (AvgIpc) is 2.76. The van der Waals surface area contributed by atoms with Gasteiger partial charge in [0.25, 0.3) is 0 Å². The molecule has 90 valence electrons. The topological polar surface area (TPSA) is 59.6 Å². The molecule has 0 saturated carbocycles. The number of amides is 1. The molecule has 1 amide bonds. The smallest absolute Gasteiger partial charge is 0.238 e. The fraction of sp³-hybridized carbons (Fsp3) is 0.250. The fourth-order valence-electron chi connectivity index (χ4n) is 1.47. The Labute approximate surface area is 99.4 Å². The van der Waals surface area contributed by atoms with E-state index in [0.717, 1.165) is 0 Å². The summed E-state index contributed by atoms with van der Waals surface area (Å²) in [5.41, 5.74) is 0.694. The van der Waals surface area contributed by atoms with Crippen LogP contribution in [0.2, 0.25) is 0 Å². The van der Waals surface area contributed by atoms with Crippen LogP contribution >= 0.6 is 0 Å². The molecular weight excluding hydrogens is 220 g/mol. The highest BCUT2D eigenvalue weighted by molar-refractivity contribution is 5.92. The van der Waals surface area contributed by atoms with E-state index in [9.17, 15) is 4.79 Å². The van der Waals surface area contributed by atoms with E-state index in [4.69, 9.17) is 9.47 Å². The number of nitrogens with one attached hydrogen (secondary N) is 2. The van der Waals surface area contributed by atoms with Crippen LogP contribution in [-0.2, 0) is 4.79 Å². The van der Waals surface area contributed by atoms with Gasteiger partial charge in [-0.25, -0.2) is 0 Å². The van der Waals surface area contributed by atoms with Gasteiger partial charge < -0.3 is 20.1 Å². The van der Waals surface area contributed by atoms with Crippen LogP contribution in [0.25, 0.3) is 0 Å². The van der Waals surface area contributed by atoms with Crippen molar-refractivity contribution in [3.05, 3.63) is 30.9 Å². The van der Waals surface area contributed by atoms with Crippen LogP contribution in [0.5, 0.6) is 11.5 Å². The largest absolute Gasteiger partial charge is 0.454 e. The Morgan fingerprint density at radius 1 is 1.41 bits per heavy atom. The van der Waals surface area contributed by atoms with Crippen LogP contribution in [0.4, 0.5) is 5.69 Å². The van der Waals surface area contributed by atoms with Crippen LogP contribution in [0.1, 0.15) is 0 Å². The van der Waals surface area contributed by atoms with E-state index in [1.54, 1.807) is 24.3 Å². The highest BCUT2D eigenvalue weighted by atomic mass is 16.7. The molecule has 1 aromatic carbocycles. The molecule has 1 heterocycles. The monoisotopic (exact) mass is 234 g/mol. The molecule has 0 radical (unpaired) electrons. The minimum absolute atomic E-state index is 0.106. The third kappa shape index (κ3) is 2.98. The summed E-state index contributed by atoms with van der Waals surface area (Å²) in [5, 5.41) is 5.68. The Morgan fingerprint density at radius 3 is 3.06 bits per heavy atom. The second-order valence-electron chi connectivity index (χ2n) is 3.54. The van der Waals surface area contributed by atoms with Crippen molar-refractivity contribution in [1.29, 1.82) is 0 Å². The number of carbonyl (C=O) groups is 1. The second-order valence-corrected chi connectivity index (χ2v) is 3.54. The first-order valence-electron chi connectivity index (χ1n) is 5.30. The Hall–Kier alpha value is -2.01. The minimum Gasteiger partial charge on any atom is -0.454 e. The van der Waals surface area contributed by atoms with Crippen molar-refractivity contribution in [1.82, 2.24) is 5.32 Å². The molecule has 0 saturated heterocycles. The number of anilines is 1. The second kappa shape index (κ2) is 5.36. The van der Waals surface area contributed by atoms with Gasteiger partial charge in [0.2, 0.25) is 12.7 Å². The number of ether oxygens (including phenoxy) is 2. The van der Waals surface area contributed by atoms with Crippen molar-refractivity contribution in [2.45, 2.75) is 0 Å². The van der Waals surface area contributed by atoms with Crippen LogP contribution in [-0.4, -0.2) is 25.8 Å². The van der Waals surface area contributed by atoms with Gasteiger partial charge in [-0.2, -0.15) is 0 Å². The molecule has 5 heteroatoms. The van der Waals surface area contributed by atoms with Crippen LogP contribution < -0.4 is 20.1 Å². The van der Waals surface area contributed by atoms with E-state index in [-0.39, 0.29) is 19.2 Å². The maximum atomic E-state index is 11.5. The maximum Gasteiger partial charge on any atom is 0.238 e. The molecule has 1 aromatic rings. The van der Waals surface area contributed by atoms with Crippen molar-refractivity contribution < 1.29 is 14.3 Å². The van der Waals surface area contributed by atoms with E-state index < -0.39 is 0 Å². The zero-order valence-corrected chi connectivity index (χ0v) is 9.36. The lowest BCUT2D eigenvalue weighted by Crippen LogP contribution is -2.28. The number of hydrogen-bond acceptors (Lipinski definition) is 4. The van der Waals surface area contributed by atoms with Crippen molar-refractivity contribution in [2.24, 2.45) is 0 Å². The Balaban J connectivity index is 1.90. The van der Waals surface area contributed by atoms with E-state index in [1.807, 2.05) is 0 Å². The molecule has 0 aromatic heterocycles. The first-order chi connectivity index (χ1) is 8.29. The predicted molar refractivity (Wildman–Crippen MR) is 64.3 cm³/mol. The average molecular weight is 234 g/mol. The lowest BCUT2D eigenvalue weighted by Gasteiger charge is -2.06. The summed E-state index contributed by atoms with van der Waals surface area (Å²) >= 11 is 0. The summed E-state index contributed by atoms with van der Waals surface area (Å²) < 4.78 is 10.4. The van der Waals surface area contributed by atoms with E-state index in [0.29, 0.717) is 23.7 Å². The summed E-state index contributed by atoms with van der Waals surface area (Å²) in [6.45, 7) is 4.64. The highest BCUT2D eigenvalue weighted by Gasteiger charge is 2.13. The van der Waals surface area contributed by atoms with Crippen molar-refractivity contribution >= 4 is 11.6 Å².